The first-order chi connectivity index (χ1) is 15.4. The normalized spacial score (nSPS) is 12.2. The average Bonchev–Trinajstić information content (AvgIpc) is 2.81. The van der Waals surface area contributed by atoms with Gasteiger partial charge >= 0.3 is 0 Å². The summed E-state index contributed by atoms with van der Waals surface area (Å²) in [6.07, 6.45) is 9.21. The number of rotatable bonds is 8. The van der Waals surface area contributed by atoms with Gasteiger partial charge in [0.25, 0.3) is 0 Å². The molecule has 4 N–H and O–H groups in total. The zero-order chi connectivity index (χ0) is 22.9. The van der Waals surface area contributed by atoms with Crippen LogP contribution in [0.5, 0.6) is 0 Å². The molecule has 32 heavy (non-hydrogen) atoms. The summed E-state index contributed by atoms with van der Waals surface area (Å²) in [5, 5.41) is 7.13. The monoisotopic (exact) mass is 424 g/mol. The van der Waals surface area contributed by atoms with Gasteiger partial charge in [0.1, 0.15) is 5.82 Å². The molecule has 0 fully saturated rings. The lowest BCUT2D eigenvalue weighted by Crippen LogP contribution is -2.09. The van der Waals surface area contributed by atoms with E-state index in [4.69, 9.17) is 5.73 Å². The fourth-order valence-corrected chi connectivity index (χ4v) is 2.93. The first-order valence-corrected chi connectivity index (χ1v) is 10.4. The van der Waals surface area contributed by atoms with E-state index in [0.717, 1.165) is 27.9 Å². The predicted molar refractivity (Wildman–Crippen MR) is 136 cm³/mol. The summed E-state index contributed by atoms with van der Waals surface area (Å²) < 4.78 is 0. The molecule has 0 aliphatic heterocycles. The van der Waals surface area contributed by atoms with Gasteiger partial charge in [-0.05, 0) is 61.9 Å². The number of aromatic nitrogens is 1. The number of anilines is 3. The standard InChI is InChI=1S/C27H28N4O/c1-4-19(2)9-10-20(3)18-29-26-15-13-22-17-21(11-14-24(22)30-26)12-16-27(32)31-25-8-6-5-7-23(25)28/h4-17H,1,18,28H2,2-3H3,(H,29,30)(H,31,32)/b16-12+,19-9-,20-10+. The van der Waals surface area contributed by atoms with Crippen molar-refractivity contribution in [3.05, 3.63) is 102 Å². The number of pyridine rings is 1. The van der Waals surface area contributed by atoms with E-state index in [9.17, 15) is 4.79 Å². The maximum atomic E-state index is 12.2. The van der Waals surface area contributed by atoms with Crippen LogP contribution in [-0.2, 0) is 4.79 Å². The highest BCUT2D eigenvalue weighted by molar-refractivity contribution is 6.03. The van der Waals surface area contributed by atoms with Crippen molar-refractivity contribution in [1.82, 2.24) is 4.98 Å². The third-order valence-electron chi connectivity index (χ3n) is 4.86. The summed E-state index contributed by atoms with van der Waals surface area (Å²) in [6.45, 7) is 8.55. The highest BCUT2D eigenvalue weighted by atomic mass is 16.1. The maximum absolute atomic E-state index is 12.2. The first-order valence-electron chi connectivity index (χ1n) is 10.4. The Morgan fingerprint density at radius 3 is 2.69 bits per heavy atom. The summed E-state index contributed by atoms with van der Waals surface area (Å²) >= 11 is 0. The van der Waals surface area contributed by atoms with Crippen molar-refractivity contribution in [2.75, 3.05) is 22.9 Å². The second-order valence-electron chi connectivity index (χ2n) is 7.54. The Labute approximate surface area is 189 Å². The van der Waals surface area contributed by atoms with Crippen LogP contribution in [0.25, 0.3) is 17.0 Å². The van der Waals surface area contributed by atoms with Crippen LogP contribution in [0.15, 0.2) is 96.6 Å². The SMILES string of the molecule is C=C/C(C)=C\C=C(/C)CNc1ccc2cc(/C=C/C(=O)Nc3ccccc3N)ccc2n1. The molecule has 162 valence electrons. The molecule has 1 heterocycles. The van der Waals surface area contributed by atoms with Gasteiger partial charge < -0.3 is 16.4 Å². The minimum Gasteiger partial charge on any atom is -0.397 e. The van der Waals surface area contributed by atoms with Gasteiger partial charge in [-0.25, -0.2) is 4.98 Å². The smallest absolute Gasteiger partial charge is 0.248 e. The lowest BCUT2D eigenvalue weighted by molar-refractivity contribution is -0.111. The number of carbonyl (C=O) groups is 1. The number of benzene rings is 2. The average molecular weight is 425 g/mol. The number of hydrogen-bond donors (Lipinski definition) is 3. The van der Waals surface area contributed by atoms with Crippen molar-refractivity contribution in [3.63, 3.8) is 0 Å². The molecule has 0 spiro atoms. The Morgan fingerprint density at radius 1 is 1.09 bits per heavy atom. The van der Waals surface area contributed by atoms with Gasteiger partial charge in [0.2, 0.25) is 5.91 Å². The summed E-state index contributed by atoms with van der Waals surface area (Å²) in [5.41, 5.74) is 11.1. The van der Waals surface area contributed by atoms with Gasteiger partial charge in [0.15, 0.2) is 0 Å². The van der Waals surface area contributed by atoms with Crippen LogP contribution >= 0.6 is 0 Å². The van der Waals surface area contributed by atoms with E-state index in [1.807, 2.05) is 61.5 Å². The predicted octanol–water partition coefficient (Wildman–Crippen LogP) is 5.96. The molecule has 0 unspecified atom stereocenters. The Balaban J connectivity index is 1.64. The minimum atomic E-state index is -0.234. The lowest BCUT2D eigenvalue weighted by Gasteiger charge is -2.07. The third-order valence-corrected chi connectivity index (χ3v) is 4.86. The molecule has 5 nitrogen and oxygen atoms in total. The van der Waals surface area contributed by atoms with E-state index < -0.39 is 0 Å². The first kappa shape index (κ1) is 22.6. The lowest BCUT2D eigenvalue weighted by atomic mass is 10.1. The van der Waals surface area contributed by atoms with Crippen LogP contribution in [0.2, 0.25) is 0 Å². The topological polar surface area (TPSA) is 80.0 Å². The van der Waals surface area contributed by atoms with Gasteiger partial charge in [-0.2, -0.15) is 0 Å². The number of amides is 1. The third kappa shape index (κ3) is 6.44. The molecule has 5 heteroatoms. The van der Waals surface area contributed by atoms with Crippen molar-refractivity contribution >= 4 is 40.1 Å². The van der Waals surface area contributed by atoms with Gasteiger partial charge in [0, 0.05) is 18.0 Å². The van der Waals surface area contributed by atoms with E-state index in [1.165, 1.54) is 11.6 Å². The molecule has 0 bridgehead atoms. The van der Waals surface area contributed by atoms with Gasteiger partial charge in [0.05, 0.1) is 16.9 Å². The fourth-order valence-electron chi connectivity index (χ4n) is 2.93. The number of nitrogens with two attached hydrogens (primary N) is 1. The summed E-state index contributed by atoms with van der Waals surface area (Å²) in [5.74, 6) is 0.583. The highest BCUT2D eigenvalue weighted by Crippen LogP contribution is 2.19. The molecule has 0 radical (unpaired) electrons. The van der Waals surface area contributed by atoms with Crippen LogP contribution in [0.4, 0.5) is 17.2 Å². The van der Waals surface area contributed by atoms with E-state index in [-0.39, 0.29) is 5.91 Å². The number of carbonyl (C=O) groups excluding carboxylic acids is 1. The molecule has 0 saturated carbocycles. The molecule has 2 aromatic carbocycles. The van der Waals surface area contributed by atoms with Crippen molar-refractivity contribution in [3.8, 4) is 0 Å². The number of nitrogens with one attached hydrogen (secondary N) is 2. The zero-order valence-corrected chi connectivity index (χ0v) is 18.4. The Hall–Kier alpha value is -4.12. The van der Waals surface area contributed by atoms with E-state index in [1.54, 1.807) is 18.2 Å². The van der Waals surface area contributed by atoms with Gasteiger partial charge in [-0.3, -0.25) is 4.79 Å². The van der Waals surface area contributed by atoms with Crippen LogP contribution in [0, 0.1) is 0 Å². The van der Waals surface area contributed by atoms with Crippen molar-refractivity contribution < 1.29 is 4.79 Å². The van der Waals surface area contributed by atoms with Crippen LogP contribution in [-0.4, -0.2) is 17.4 Å². The second-order valence-corrected chi connectivity index (χ2v) is 7.54. The highest BCUT2D eigenvalue weighted by Gasteiger charge is 2.02. The molecule has 0 saturated heterocycles. The largest absolute Gasteiger partial charge is 0.397 e. The molecule has 1 aromatic heterocycles. The number of nitrogen functional groups attached to an aromatic ring is 1. The summed E-state index contributed by atoms with van der Waals surface area (Å²) in [7, 11) is 0. The maximum Gasteiger partial charge on any atom is 0.248 e. The fraction of sp³-hybridized carbons (Fsp3) is 0.111. The molecule has 3 rings (SSSR count). The second kappa shape index (κ2) is 10.8. The van der Waals surface area contributed by atoms with E-state index in [2.05, 4.69) is 35.2 Å². The number of nitrogens with zero attached hydrogens (tertiary/aromatic N) is 1. The quantitative estimate of drug-likeness (QED) is 0.237. The van der Waals surface area contributed by atoms with E-state index in [0.29, 0.717) is 17.9 Å². The number of allylic oxidation sites excluding steroid dienone is 4. The number of para-hydroxylation sites is 2. The van der Waals surface area contributed by atoms with Gasteiger partial charge in [-0.1, -0.05) is 54.2 Å². The summed E-state index contributed by atoms with van der Waals surface area (Å²) in [4.78, 5) is 16.9. The van der Waals surface area contributed by atoms with Crippen LogP contribution in [0.3, 0.4) is 0 Å². The Kier molecular flexibility index (Phi) is 7.60. The molecule has 3 aromatic rings. The van der Waals surface area contributed by atoms with E-state index >= 15 is 0 Å². The van der Waals surface area contributed by atoms with Crippen molar-refractivity contribution in [2.45, 2.75) is 13.8 Å². The minimum absolute atomic E-state index is 0.234. The molecular weight excluding hydrogens is 396 g/mol. The number of fused-ring (bicyclic) bond motifs is 1. The molecular formula is C27H28N4O. The molecule has 0 aliphatic rings. The number of hydrogen-bond acceptors (Lipinski definition) is 4. The van der Waals surface area contributed by atoms with Crippen LogP contribution < -0.4 is 16.4 Å². The molecule has 1 amide bonds. The summed E-state index contributed by atoms with van der Waals surface area (Å²) in [6, 6.07) is 17.0. The molecule has 0 atom stereocenters. The van der Waals surface area contributed by atoms with Crippen molar-refractivity contribution in [2.24, 2.45) is 0 Å². The van der Waals surface area contributed by atoms with Gasteiger partial charge in [-0.15, -0.1) is 0 Å². The van der Waals surface area contributed by atoms with Crippen molar-refractivity contribution in [1.29, 1.82) is 0 Å². The van der Waals surface area contributed by atoms with Crippen LogP contribution in [0.1, 0.15) is 19.4 Å². The zero-order valence-electron chi connectivity index (χ0n) is 18.4. The molecule has 0 aliphatic carbocycles. The Morgan fingerprint density at radius 2 is 1.91 bits per heavy atom. The Bertz CT molecular complexity index is 1220.